The number of nitrogens with one attached hydrogen (secondary N) is 1. The molecular formula is C15H21N3. The molecule has 0 aliphatic heterocycles. The van der Waals surface area contributed by atoms with E-state index in [-0.39, 0.29) is 5.41 Å². The summed E-state index contributed by atoms with van der Waals surface area (Å²) in [5.41, 5.74) is 2.38. The molecule has 0 radical (unpaired) electrons. The third-order valence-corrected chi connectivity index (χ3v) is 3.08. The van der Waals surface area contributed by atoms with E-state index in [2.05, 4.69) is 55.9 Å². The Kier molecular flexibility index (Phi) is 3.50. The number of H-pyrrole nitrogens is 1. The van der Waals surface area contributed by atoms with Crippen molar-refractivity contribution in [2.45, 2.75) is 45.4 Å². The number of pyridine rings is 1. The fourth-order valence-corrected chi connectivity index (χ4v) is 1.97. The van der Waals surface area contributed by atoms with E-state index in [9.17, 15) is 0 Å². The summed E-state index contributed by atoms with van der Waals surface area (Å²) in [4.78, 5) is 12.2. The first-order chi connectivity index (χ1) is 8.47. The van der Waals surface area contributed by atoms with Crippen molar-refractivity contribution >= 4 is 0 Å². The van der Waals surface area contributed by atoms with E-state index in [0.717, 1.165) is 23.6 Å². The van der Waals surface area contributed by atoms with E-state index in [1.54, 1.807) is 6.20 Å². The molecule has 2 aromatic heterocycles. The van der Waals surface area contributed by atoms with E-state index < -0.39 is 0 Å². The second-order valence-corrected chi connectivity index (χ2v) is 5.84. The first kappa shape index (κ1) is 12.8. The minimum absolute atomic E-state index is 0.101. The number of hydrogen-bond acceptors (Lipinski definition) is 2. The van der Waals surface area contributed by atoms with Gasteiger partial charge >= 0.3 is 0 Å². The first-order valence-corrected chi connectivity index (χ1v) is 6.42. The van der Waals surface area contributed by atoms with Crippen LogP contribution in [0.2, 0.25) is 0 Å². The summed E-state index contributed by atoms with van der Waals surface area (Å²) < 4.78 is 0. The van der Waals surface area contributed by atoms with Gasteiger partial charge in [0.25, 0.3) is 0 Å². The zero-order valence-electron chi connectivity index (χ0n) is 11.6. The van der Waals surface area contributed by atoms with E-state index >= 15 is 0 Å². The molecular weight excluding hydrogens is 222 g/mol. The Morgan fingerprint density at radius 3 is 2.67 bits per heavy atom. The summed E-state index contributed by atoms with van der Waals surface area (Å²) in [7, 11) is 0. The van der Waals surface area contributed by atoms with E-state index in [0.29, 0.717) is 5.92 Å². The molecule has 0 spiro atoms. The fourth-order valence-electron chi connectivity index (χ4n) is 1.97. The SMILES string of the molecule is CC(Cc1cccc(C(C)(C)C)n1)c1ncc[nH]1. The molecule has 1 unspecified atom stereocenters. The molecule has 0 bridgehead atoms. The predicted octanol–water partition coefficient (Wildman–Crippen LogP) is 3.45. The van der Waals surface area contributed by atoms with Crippen LogP contribution in [0.1, 0.15) is 50.8 Å². The van der Waals surface area contributed by atoms with Crippen molar-refractivity contribution in [2.24, 2.45) is 0 Å². The van der Waals surface area contributed by atoms with Crippen molar-refractivity contribution in [1.29, 1.82) is 0 Å². The molecule has 0 saturated heterocycles. The average molecular weight is 243 g/mol. The van der Waals surface area contributed by atoms with Crippen molar-refractivity contribution in [3.63, 3.8) is 0 Å². The molecule has 0 saturated carbocycles. The number of nitrogens with zero attached hydrogens (tertiary/aromatic N) is 2. The van der Waals surface area contributed by atoms with Crippen LogP contribution in [0, 0.1) is 0 Å². The maximum atomic E-state index is 4.75. The van der Waals surface area contributed by atoms with Gasteiger partial charge in [0.05, 0.1) is 0 Å². The maximum absolute atomic E-state index is 4.75. The van der Waals surface area contributed by atoms with Crippen LogP contribution in [-0.4, -0.2) is 15.0 Å². The van der Waals surface area contributed by atoms with Gasteiger partial charge in [-0.15, -0.1) is 0 Å². The lowest BCUT2D eigenvalue weighted by Crippen LogP contribution is -2.14. The highest BCUT2D eigenvalue weighted by Crippen LogP contribution is 2.22. The van der Waals surface area contributed by atoms with Gasteiger partial charge in [-0.1, -0.05) is 33.8 Å². The van der Waals surface area contributed by atoms with Crippen molar-refractivity contribution in [3.8, 4) is 0 Å². The normalized spacial score (nSPS) is 13.6. The Morgan fingerprint density at radius 1 is 1.28 bits per heavy atom. The Bertz CT molecular complexity index is 495. The van der Waals surface area contributed by atoms with E-state index in [1.165, 1.54) is 0 Å². The molecule has 0 amide bonds. The summed E-state index contributed by atoms with van der Waals surface area (Å²) in [6.07, 6.45) is 4.58. The molecule has 3 nitrogen and oxygen atoms in total. The van der Waals surface area contributed by atoms with Crippen LogP contribution in [-0.2, 0) is 11.8 Å². The second kappa shape index (κ2) is 4.92. The van der Waals surface area contributed by atoms with Crippen molar-refractivity contribution in [2.75, 3.05) is 0 Å². The fraction of sp³-hybridized carbons (Fsp3) is 0.467. The Balaban J connectivity index is 2.15. The molecule has 0 aliphatic carbocycles. The summed E-state index contributed by atoms with van der Waals surface area (Å²) in [5.74, 6) is 1.39. The molecule has 2 heterocycles. The summed E-state index contributed by atoms with van der Waals surface area (Å²) in [6.45, 7) is 8.74. The summed E-state index contributed by atoms with van der Waals surface area (Å²) in [5, 5.41) is 0. The monoisotopic (exact) mass is 243 g/mol. The molecule has 18 heavy (non-hydrogen) atoms. The van der Waals surface area contributed by atoms with E-state index in [4.69, 9.17) is 4.98 Å². The summed E-state index contributed by atoms with van der Waals surface area (Å²) in [6, 6.07) is 6.29. The highest BCUT2D eigenvalue weighted by molar-refractivity contribution is 5.18. The zero-order chi connectivity index (χ0) is 13.2. The van der Waals surface area contributed by atoms with Gasteiger partial charge in [0.1, 0.15) is 5.82 Å². The van der Waals surface area contributed by atoms with Gasteiger partial charge in [-0.2, -0.15) is 0 Å². The van der Waals surface area contributed by atoms with Crippen molar-refractivity contribution < 1.29 is 0 Å². The van der Waals surface area contributed by atoms with Crippen molar-refractivity contribution in [3.05, 3.63) is 47.8 Å². The van der Waals surface area contributed by atoms with Crippen LogP contribution in [0.4, 0.5) is 0 Å². The van der Waals surface area contributed by atoms with E-state index in [1.807, 2.05) is 6.20 Å². The number of imidazole rings is 1. The lowest BCUT2D eigenvalue weighted by atomic mass is 9.91. The van der Waals surface area contributed by atoms with Crippen LogP contribution in [0.5, 0.6) is 0 Å². The van der Waals surface area contributed by atoms with Gasteiger partial charge in [0, 0.05) is 35.1 Å². The Labute approximate surface area is 109 Å². The number of rotatable bonds is 3. The van der Waals surface area contributed by atoms with Gasteiger partial charge < -0.3 is 4.98 Å². The second-order valence-electron chi connectivity index (χ2n) is 5.84. The summed E-state index contributed by atoms with van der Waals surface area (Å²) >= 11 is 0. The van der Waals surface area contributed by atoms with Crippen LogP contribution in [0.15, 0.2) is 30.6 Å². The Morgan fingerprint density at radius 2 is 2.06 bits per heavy atom. The van der Waals surface area contributed by atoms with Gasteiger partial charge in [-0.05, 0) is 18.6 Å². The van der Waals surface area contributed by atoms with Crippen LogP contribution < -0.4 is 0 Å². The third kappa shape index (κ3) is 2.97. The number of aromatic amines is 1. The molecule has 96 valence electrons. The molecule has 2 rings (SSSR count). The van der Waals surface area contributed by atoms with Gasteiger partial charge in [-0.3, -0.25) is 4.98 Å². The van der Waals surface area contributed by atoms with Crippen LogP contribution in [0.3, 0.4) is 0 Å². The Hall–Kier alpha value is -1.64. The molecule has 0 aromatic carbocycles. The molecule has 2 aromatic rings. The van der Waals surface area contributed by atoms with Crippen molar-refractivity contribution in [1.82, 2.24) is 15.0 Å². The van der Waals surface area contributed by atoms with Gasteiger partial charge in [0.15, 0.2) is 0 Å². The lowest BCUT2D eigenvalue weighted by Gasteiger charge is -2.19. The maximum Gasteiger partial charge on any atom is 0.109 e. The molecule has 1 N–H and O–H groups in total. The quantitative estimate of drug-likeness (QED) is 0.897. The molecule has 0 aliphatic rings. The lowest BCUT2D eigenvalue weighted by molar-refractivity contribution is 0.562. The number of aromatic nitrogens is 3. The standard InChI is InChI=1S/C15H21N3/c1-11(14-16-8-9-17-14)10-12-6-5-7-13(18-12)15(2,3)4/h5-9,11H,10H2,1-4H3,(H,16,17). The molecule has 3 heteroatoms. The number of hydrogen-bond donors (Lipinski definition) is 1. The third-order valence-electron chi connectivity index (χ3n) is 3.08. The smallest absolute Gasteiger partial charge is 0.109 e. The predicted molar refractivity (Wildman–Crippen MR) is 73.6 cm³/mol. The first-order valence-electron chi connectivity index (χ1n) is 6.42. The van der Waals surface area contributed by atoms with Gasteiger partial charge in [0.2, 0.25) is 0 Å². The average Bonchev–Trinajstić information content (AvgIpc) is 2.81. The van der Waals surface area contributed by atoms with Crippen LogP contribution >= 0.6 is 0 Å². The van der Waals surface area contributed by atoms with Gasteiger partial charge in [-0.25, -0.2) is 4.98 Å². The minimum Gasteiger partial charge on any atom is -0.348 e. The zero-order valence-corrected chi connectivity index (χ0v) is 11.6. The highest BCUT2D eigenvalue weighted by atomic mass is 14.9. The highest BCUT2D eigenvalue weighted by Gasteiger charge is 2.16. The molecule has 0 fully saturated rings. The van der Waals surface area contributed by atoms with Crippen LogP contribution in [0.25, 0.3) is 0 Å². The topological polar surface area (TPSA) is 41.6 Å². The largest absolute Gasteiger partial charge is 0.348 e. The minimum atomic E-state index is 0.101. The molecule has 1 atom stereocenters.